The van der Waals surface area contributed by atoms with Crippen LogP contribution in [-0.4, -0.2) is 50.0 Å². The number of ketones is 1. The van der Waals surface area contributed by atoms with Crippen LogP contribution >= 0.6 is 0 Å². The van der Waals surface area contributed by atoms with Crippen LogP contribution in [0.2, 0.25) is 0 Å². The predicted octanol–water partition coefficient (Wildman–Crippen LogP) is 1.05. The largest absolute Gasteiger partial charge is 0.479 e. The van der Waals surface area contributed by atoms with Crippen molar-refractivity contribution in [3.8, 4) is 0 Å². The Balaban J connectivity index is 1.79. The minimum atomic E-state index is -2.25. The van der Waals surface area contributed by atoms with E-state index in [1.54, 1.807) is 19.1 Å². The Labute approximate surface area is 152 Å². The first-order valence-electron chi connectivity index (χ1n) is 9.32. The van der Waals surface area contributed by atoms with E-state index >= 15 is 0 Å². The Hall–Kier alpha value is -1.50. The quantitative estimate of drug-likeness (QED) is 0.554. The second-order valence-corrected chi connectivity index (χ2v) is 9.03. The molecule has 4 aliphatic carbocycles. The second kappa shape index (κ2) is 5.27. The van der Waals surface area contributed by atoms with Crippen molar-refractivity contribution in [1.29, 1.82) is 0 Å². The van der Waals surface area contributed by atoms with Crippen LogP contribution in [0.25, 0.3) is 0 Å². The minimum Gasteiger partial charge on any atom is -0.479 e. The molecule has 6 unspecified atom stereocenters. The van der Waals surface area contributed by atoms with Gasteiger partial charge < -0.3 is 20.4 Å². The fraction of sp³-hybridized carbons (Fsp3) is 0.700. The van der Waals surface area contributed by atoms with Crippen LogP contribution in [0.4, 0.5) is 0 Å². The van der Waals surface area contributed by atoms with E-state index < -0.39 is 34.6 Å². The molecule has 0 heterocycles. The Morgan fingerprint density at radius 2 is 1.96 bits per heavy atom. The summed E-state index contributed by atoms with van der Waals surface area (Å²) in [6, 6.07) is 0. The fourth-order valence-electron chi connectivity index (χ4n) is 6.72. The van der Waals surface area contributed by atoms with E-state index in [1.165, 1.54) is 0 Å². The first kappa shape index (κ1) is 17.9. The van der Waals surface area contributed by atoms with Gasteiger partial charge in [-0.05, 0) is 49.7 Å². The maximum absolute atomic E-state index is 11.8. The lowest BCUT2D eigenvalue weighted by Gasteiger charge is -2.59. The second-order valence-electron chi connectivity index (χ2n) is 9.03. The Kier molecular flexibility index (Phi) is 3.63. The molecule has 3 saturated carbocycles. The zero-order chi connectivity index (χ0) is 19.1. The topological polar surface area (TPSA) is 115 Å². The summed E-state index contributed by atoms with van der Waals surface area (Å²) in [4.78, 5) is 23.6. The molecule has 0 radical (unpaired) electrons. The monoisotopic (exact) mass is 362 g/mol. The summed E-state index contributed by atoms with van der Waals surface area (Å²) in [6.45, 7) is 3.72. The van der Waals surface area contributed by atoms with Crippen LogP contribution in [0.5, 0.6) is 0 Å². The molecule has 142 valence electrons. The van der Waals surface area contributed by atoms with Gasteiger partial charge >= 0.3 is 5.97 Å². The summed E-state index contributed by atoms with van der Waals surface area (Å²) in [6.07, 6.45) is 4.66. The van der Waals surface area contributed by atoms with Gasteiger partial charge in [0.1, 0.15) is 0 Å². The van der Waals surface area contributed by atoms with E-state index in [2.05, 4.69) is 0 Å². The maximum atomic E-state index is 11.8. The van der Waals surface area contributed by atoms with E-state index in [4.69, 9.17) is 0 Å². The van der Waals surface area contributed by atoms with Crippen LogP contribution in [-0.2, 0) is 9.59 Å². The van der Waals surface area contributed by atoms with Crippen LogP contribution in [0.1, 0.15) is 39.5 Å². The van der Waals surface area contributed by atoms with Gasteiger partial charge in [-0.1, -0.05) is 25.5 Å². The molecule has 4 aliphatic rings. The average Bonchev–Trinajstić information content (AvgIpc) is 2.76. The summed E-state index contributed by atoms with van der Waals surface area (Å²) >= 11 is 0. The van der Waals surface area contributed by atoms with Gasteiger partial charge in [-0.25, -0.2) is 4.79 Å². The van der Waals surface area contributed by atoms with E-state index in [9.17, 15) is 30.0 Å². The lowest BCUT2D eigenvalue weighted by Crippen LogP contribution is -2.63. The number of carboxylic acids is 1. The number of rotatable bonds is 1. The molecule has 0 saturated heterocycles. The normalized spacial score (nSPS) is 52.7. The molecule has 8 atom stereocenters. The number of carbonyl (C=O) groups is 2. The number of aliphatic hydroxyl groups is 3. The molecule has 0 bridgehead atoms. The smallest absolute Gasteiger partial charge is 0.339 e. The summed E-state index contributed by atoms with van der Waals surface area (Å²) < 4.78 is 0. The maximum Gasteiger partial charge on any atom is 0.339 e. The summed E-state index contributed by atoms with van der Waals surface area (Å²) in [7, 11) is 0. The SMILES string of the molecule is CC12C=CC(=O)C=C1CCC1C2[C@@H](O)CC2(C)C1CC(O)[C@]2(O)C(=O)O. The Morgan fingerprint density at radius 3 is 2.62 bits per heavy atom. The molecule has 0 aromatic heterocycles. The standard InChI is InChI=1S/C20H26O6/c1-18-6-5-11(21)7-10(18)3-4-12-13-8-15(23)20(26,17(24)25)19(13,2)9-14(22)16(12)18/h5-7,12-16,22-23,26H,3-4,8-9H2,1-2H3,(H,24,25)/t12?,13?,14-,15?,16?,18?,19?,20-/m0/s1. The van der Waals surface area contributed by atoms with Gasteiger partial charge in [0, 0.05) is 16.7 Å². The third-order valence-electron chi connectivity index (χ3n) is 8.04. The molecule has 6 heteroatoms. The van der Waals surface area contributed by atoms with Gasteiger partial charge in [0.05, 0.1) is 12.2 Å². The third-order valence-corrected chi connectivity index (χ3v) is 8.04. The third kappa shape index (κ3) is 1.93. The Bertz CT molecular complexity index is 741. The highest BCUT2D eigenvalue weighted by Crippen LogP contribution is 2.66. The van der Waals surface area contributed by atoms with Gasteiger partial charge in [-0.2, -0.15) is 0 Å². The lowest BCUT2D eigenvalue weighted by molar-refractivity contribution is -0.203. The van der Waals surface area contributed by atoms with Crippen molar-refractivity contribution in [3.63, 3.8) is 0 Å². The van der Waals surface area contributed by atoms with E-state index in [0.717, 1.165) is 5.57 Å². The molecule has 4 N–H and O–H groups in total. The number of aliphatic hydroxyl groups excluding tert-OH is 2. The van der Waals surface area contributed by atoms with Gasteiger partial charge in [0.25, 0.3) is 0 Å². The first-order valence-corrected chi connectivity index (χ1v) is 9.32. The van der Waals surface area contributed by atoms with E-state index in [0.29, 0.717) is 12.8 Å². The van der Waals surface area contributed by atoms with Crippen molar-refractivity contribution in [2.24, 2.45) is 28.6 Å². The van der Waals surface area contributed by atoms with Crippen molar-refractivity contribution >= 4 is 11.8 Å². The molecular weight excluding hydrogens is 336 g/mol. The van der Waals surface area contributed by atoms with Crippen LogP contribution in [0.15, 0.2) is 23.8 Å². The van der Waals surface area contributed by atoms with Crippen molar-refractivity contribution in [2.45, 2.75) is 57.3 Å². The van der Waals surface area contributed by atoms with Crippen molar-refractivity contribution in [1.82, 2.24) is 0 Å². The summed E-state index contributed by atoms with van der Waals surface area (Å²) in [5.74, 6) is -1.84. The molecule has 4 rings (SSSR count). The number of hydrogen-bond acceptors (Lipinski definition) is 5. The zero-order valence-corrected chi connectivity index (χ0v) is 15.1. The molecule has 0 amide bonds. The van der Waals surface area contributed by atoms with Gasteiger partial charge in [-0.15, -0.1) is 0 Å². The van der Waals surface area contributed by atoms with Gasteiger partial charge in [-0.3, -0.25) is 4.79 Å². The number of fused-ring (bicyclic) bond motifs is 5. The molecule has 0 aromatic carbocycles. The number of carbonyl (C=O) groups excluding carboxylic acids is 1. The summed E-state index contributed by atoms with van der Waals surface area (Å²) in [5.41, 5.74) is -2.78. The predicted molar refractivity (Wildman–Crippen MR) is 92.0 cm³/mol. The highest BCUT2D eigenvalue weighted by Gasteiger charge is 2.72. The molecule has 0 spiro atoms. The van der Waals surface area contributed by atoms with Crippen LogP contribution < -0.4 is 0 Å². The van der Waals surface area contributed by atoms with Gasteiger partial charge in [0.2, 0.25) is 0 Å². The molecule has 6 nitrogen and oxygen atoms in total. The molecular formula is C20H26O6. The molecule has 3 fully saturated rings. The molecule has 26 heavy (non-hydrogen) atoms. The number of allylic oxidation sites excluding steroid dienone is 4. The van der Waals surface area contributed by atoms with Crippen LogP contribution in [0, 0.1) is 28.6 Å². The highest BCUT2D eigenvalue weighted by atomic mass is 16.4. The summed E-state index contributed by atoms with van der Waals surface area (Å²) in [5, 5.41) is 42.0. The number of aliphatic carboxylic acids is 1. The molecule has 0 aliphatic heterocycles. The Morgan fingerprint density at radius 1 is 1.27 bits per heavy atom. The minimum absolute atomic E-state index is 0.0215. The van der Waals surface area contributed by atoms with E-state index in [1.807, 2.05) is 13.0 Å². The first-order chi connectivity index (χ1) is 12.1. The number of hydrogen-bond donors (Lipinski definition) is 4. The average molecular weight is 362 g/mol. The van der Waals surface area contributed by atoms with Crippen molar-refractivity contribution in [3.05, 3.63) is 23.8 Å². The highest BCUT2D eigenvalue weighted by molar-refractivity contribution is 6.01. The fourth-order valence-corrected chi connectivity index (χ4v) is 6.72. The zero-order valence-electron chi connectivity index (χ0n) is 15.1. The molecule has 0 aromatic rings. The van der Waals surface area contributed by atoms with Crippen LogP contribution in [0.3, 0.4) is 0 Å². The number of carboxylic acid groups (broad SMARTS) is 1. The van der Waals surface area contributed by atoms with E-state index in [-0.39, 0.29) is 36.4 Å². The van der Waals surface area contributed by atoms with Crippen molar-refractivity contribution < 1.29 is 30.0 Å². The lowest BCUT2D eigenvalue weighted by atomic mass is 9.46. The van der Waals surface area contributed by atoms with Gasteiger partial charge in [0.15, 0.2) is 11.4 Å². The van der Waals surface area contributed by atoms with Crippen molar-refractivity contribution in [2.75, 3.05) is 0 Å².